The molecule has 106 valence electrons. The second-order valence-electron chi connectivity index (χ2n) is 4.64. The minimum Gasteiger partial charge on any atom is -0.384 e. The van der Waals surface area contributed by atoms with Crippen LogP contribution in [0.1, 0.15) is 31.4 Å². The third-order valence-corrected chi connectivity index (χ3v) is 4.46. The number of halogens is 3. The second-order valence-corrected chi connectivity index (χ2v) is 6.37. The van der Waals surface area contributed by atoms with Crippen LogP contribution in [-0.2, 0) is 0 Å². The number of aliphatic hydroxyl groups excluding tert-OH is 1. The van der Waals surface area contributed by atoms with E-state index in [-0.39, 0.29) is 0 Å². The zero-order valence-corrected chi connectivity index (χ0v) is 14.0. The predicted octanol–water partition coefficient (Wildman–Crippen LogP) is 5.31. The largest absolute Gasteiger partial charge is 0.384 e. The summed E-state index contributed by atoms with van der Waals surface area (Å²) in [6.45, 7) is 1.94. The highest BCUT2D eigenvalue weighted by molar-refractivity contribution is 9.10. The number of allylic oxidation sites excluding steroid dienone is 1. The summed E-state index contributed by atoms with van der Waals surface area (Å²) in [5, 5.41) is 11.6. The zero-order chi connectivity index (χ0) is 14.7. The van der Waals surface area contributed by atoms with Gasteiger partial charge >= 0.3 is 0 Å². The van der Waals surface area contributed by atoms with Gasteiger partial charge in [-0.25, -0.2) is 4.99 Å². The number of rotatable bonds is 2. The normalized spacial score (nSPS) is 18.1. The molecule has 1 aliphatic heterocycles. The molecular weight excluding hydrogens is 361 g/mol. The lowest BCUT2D eigenvalue weighted by Gasteiger charge is -2.18. The van der Waals surface area contributed by atoms with Gasteiger partial charge < -0.3 is 5.11 Å². The van der Waals surface area contributed by atoms with Gasteiger partial charge in [0.1, 0.15) is 11.3 Å². The molecule has 20 heavy (non-hydrogen) atoms. The first-order chi connectivity index (χ1) is 9.49. The van der Waals surface area contributed by atoms with Crippen molar-refractivity contribution in [3.63, 3.8) is 0 Å². The molecule has 1 unspecified atom stereocenters. The Bertz CT molecular complexity index is 608. The third kappa shape index (κ3) is 3.73. The summed E-state index contributed by atoms with van der Waals surface area (Å²) in [4.78, 5) is 4.15. The van der Waals surface area contributed by atoms with Crippen LogP contribution < -0.4 is 0 Å². The molecule has 5 heteroatoms. The van der Waals surface area contributed by atoms with Gasteiger partial charge in [0.15, 0.2) is 0 Å². The summed E-state index contributed by atoms with van der Waals surface area (Å²) >= 11 is 15.8. The number of hydrogen-bond acceptors (Lipinski definition) is 2. The molecule has 1 aromatic carbocycles. The van der Waals surface area contributed by atoms with Crippen molar-refractivity contribution in [1.29, 1.82) is 0 Å². The fourth-order valence-corrected chi connectivity index (χ4v) is 2.76. The molecule has 2 rings (SSSR count). The van der Waals surface area contributed by atoms with E-state index in [1.54, 1.807) is 6.20 Å². The Balaban J connectivity index is 2.44. The third-order valence-electron chi connectivity index (χ3n) is 3.14. The zero-order valence-electron chi connectivity index (χ0n) is 10.9. The highest BCUT2D eigenvalue weighted by Crippen LogP contribution is 2.34. The van der Waals surface area contributed by atoms with Crippen molar-refractivity contribution in [1.82, 2.24) is 0 Å². The van der Waals surface area contributed by atoms with Gasteiger partial charge in [0.05, 0.1) is 0 Å². The summed E-state index contributed by atoms with van der Waals surface area (Å²) in [6.07, 6.45) is 2.13. The standard InChI is InChI=1S/C15H14BrCl2NO/c1-9-5-6-13(17)19-8-12(14(9)18)15(20)10-3-2-4-11(16)7-10/h2-4,7-8,15,20H,5-6H2,1H3. The lowest BCUT2D eigenvalue weighted by molar-refractivity contribution is 0.218. The van der Waals surface area contributed by atoms with Crippen LogP contribution in [0.4, 0.5) is 0 Å². The van der Waals surface area contributed by atoms with Gasteiger partial charge in [-0.3, -0.25) is 0 Å². The Hall–Kier alpha value is -0.610. The van der Waals surface area contributed by atoms with Crippen molar-refractivity contribution in [3.8, 4) is 0 Å². The van der Waals surface area contributed by atoms with Crippen LogP contribution in [-0.4, -0.2) is 10.3 Å². The SMILES string of the molecule is CC1=C(Cl)C(C(O)c2cccc(Br)c2)=CN=C(Cl)CC1. The topological polar surface area (TPSA) is 32.6 Å². The molecule has 0 aromatic heterocycles. The minimum absolute atomic E-state index is 0.521. The molecule has 0 radical (unpaired) electrons. The Morgan fingerprint density at radius 1 is 1.30 bits per heavy atom. The van der Waals surface area contributed by atoms with Crippen molar-refractivity contribution in [3.05, 3.63) is 56.7 Å². The fraction of sp³-hybridized carbons (Fsp3) is 0.267. The van der Waals surface area contributed by atoms with Gasteiger partial charge in [-0.2, -0.15) is 0 Å². The molecule has 1 aromatic rings. The van der Waals surface area contributed by atoms with E-state index in [0.29, 0.717) is 22.2 Å². The van der Waals surface area contributed by atoms with E-state index >= 15 is 0 Å². The van der Waals surface area contributed by atoms with E-state index < -0.39 is 6.10 Å². The van der Waals surface area contributed by atoms with Crippen LogP contribution in [0.3, 0.4) is 0 Å². The Kier molecular flexibility index (Phi) is 5.44. The monoisotopic (exact) mass is 373 g/mol. The summed E-state index contributed by atoms with van der Waals surface area (Å²) < 4.78 is 0.902. The van der Waals surface area contributed by atoms with Crippen LogP contribution in [0.5, 0.6) is 0 Å². The number of aliphatic hydroxyl groups is 1. The number of benzene rings is 1. The van der Waals surface area contributed by atoms with Crippen molar-refractivity contribution in [2.45, 2.75) is 25.9 Å². The van der Waals surface area contributed by atoms with Crippen molar-refractivity contribution < 1.29 is 5.11 Å². The molecule has 0 bridgehead atoms. The molecule has 1 atom stereocenters. The van der Waals surface area contributed by atoms with Crippen molar-refractivity contribution in [2.75, 3.05) is 0 Å². The van der Waals surface area contributed by atoms with Crippen molar-refractivity contribution >= 4 is 44.3 Å². The highest BCUT2D eigenvalue weighted by atomic mass is 79.9. The van der Waals surface area contributed by atoms with Crippen LogP contribution in [0.15, 0.2) is 56.1 Å². The molecule has 1 heterocycles. The van der Waals surface area contributed by atoms with Gasteiger partial charge in [-0.1, -0.05) is 56.8 Å². The Morgan fingerprint density at radius 3 is 2.75 bits per heavy atom. The number of hydrogen-bond donors (Lipinski definition) is 1. The maximum absolute atomic E-state index is 10.5. The maximum Gasteiger partial charge on any atom is 0.107 e. The van der Waals surface area contributed by atoms with E-state index in [1.165, 1.54) is 0 Å². The smallest absolute Gasteiger partial charge is 0.107 e. The fourth-order valence-electron chi connectivity index (χ4n) is 1.95. The average molecular weight is 375 g/mol. The molecule has 1 N–H and O–H groups in total. The molecule has 2 nitrogen and oxygen atoms in total. The van der Waals surface area contributed by atoms with E-state index in [2.05, 4.69) is 20.9 Å². The van der Waals surface area contributed by atoms with Gasteiger partial charge in [-0.15, -0.1) is 0 Å². The molecule has 0 amide bonds. The quantitative estimate of drug-likeness (QED) is 0.747. The number of nitrogens with zero attached hydrogens (tertiary/aromatic N) is 1. The van der Waals surface area contributed by atoms with Crippen LogP contribution >= 0.6 is 39.1 Å². The molecule has 0 aliphatic carbocycles. The van der Waals surface area contributed by atoms with Gasteiger partial charge in [0.25, 0.3) is 0 Å². The summed E-state index contributed by atoms with van der Waals surface area (Å²) in [7, 11) is 0. The second kappa shape index (κ2) is 6.90. The average Bonchev–Trinajstić information content (AvgIpc) is 2.43. The lowest BCUT2D eigenvalue weighted by Crippen LogP contribution is -2.05. The lowest BCUT2D eigenvalue weighted by atomic mass is 9.98. The van der Waals surface area contributed by atoms with E-state index in [1.807, 2.05) is 31.2 Å². The van der Waals surface area contributed by atoms with Crippen molar-refractivity contribution in [2.24, 2.45) is 4.99 Å². The summed E-state index contributed by atoms with van der Waals surface area (Å²) in [5.74, 6) is 0. The molecule has 0 saturated heterocycles. The Morgan fingerprint density at radius 2 is 2.05 bits per heavy atom. The minimum atomic E-state index is -0.832. The van der Waals surface area contributed by atoms with E-state index in [4.69, 9.17) is 23.2 Å². The molecule has 0 spiro atoms. The van der Waals surface area contributed by atoms with E-state index in [0.717, 1.165) is 22.0 Å². The first-order valence-corrected chi connectivity index (χ1v) is 7.75. The van der Waals surface area contributed by atoms with Crippen LogP contribution in [0.2, 0.25) is 0 Å². The molecule has 0 saturated carbocycles. The molecule has 1 aliphatic rings. The number of aliphatic imine (C=N–C) groups is 1. The predicted molar refractivity (Wildman–Crippen MR) is 88.3 cm³/mol. The summed E-state index contributed by atoms with van der Waals surface area (Å²) in [5.41, 5.74) is 2.32. The van der Waals surface area contributed by atoms with Gasteiger partial charge in [0, 0.05) is 27.7 Å². The first-order valence-electron chi connectivity index (χ1n) is 6.20. The van der Waals surface area contributed by atoms with E-state index in [9.17, 15) is 5.11 Å². The summed E-state index contributed by atoms with van der Waals surface area (Å²) in [6, 6.07) is 7.47. The van der Waals surface area contributed by atoms with Crippen LogP contribution in [0, 0.1) is 0 Å². The first kappa shape index (κ1) is 15.8. The highest BCUT2D eigenvalue weighted by Gasteiger charge is 2.19. The maximum atomic E-state index is 10.5. The van der Waals surface area contributed by atoms with Crippen LogP contribution in [0.25, 0.3) is 0 Å². The Labute approximate surface area is 136 Å². The molecule has 0 fully saturated rings. The van der Waals surface area contributed by atoms with Gasteiger partial charge in [-0.05, 0) is 31.0 Å². The van der Waals surface area contributed by atoms with Gasteiger partial charge in [0.2, 0.25) is 0 Å². The molecular formula is C15H14BrCl2NO.